The fourth-order valence-corrected chi connectivity index (χ4v) is 2.90. The molecule has 5 heteroatoms. The SMILES string of the molecule is CC(C)c1cn(C)c2ccc(N(C(N)=O)c3cccnc3)cc12. The lowest BCUT2D eigenvalue weighted by Crippen LogP contribution is -2.31. The number of carbonyl (C=O) groups is 1. The minimum Gasteiger partial charge on any atom is -0.351 e. The van der Waals surface area contributed by atoms with E-state index in [-0.39, 0.29) is 0 Å². The van der Waals surface area contributed by atoms with Crippen molar-refractivity contribution in [3.63, 3.8) is 0 Å². The van der Waals surface area contributed by atoms with E-state index in [0.29, 0.717) is 11.6 Å². The molecule has 23 heavy (non-hydrogen) atoms. The summed E-state index contributed by atoms with van der Waals surface area (Å²) in [5.41, 5.74) is 9.38. The van der Waals surface area contributed by atoms with Crippen LogP contribution in [-0.4, -0.2) is 15.6 Å². The van der Waals surface area contributed by atoms with Crippen molar-refractivity contribution in [1.82, 2.24) is 9.55 Å². The number of benzene rings is 1. The topological polar surface area (TPSA) is 64.2 Å². The Morgan fingerprint density at radius 3 is 2.65 bits per heavy atom. The summed E-state index contributed by atoms with van der Waals surface area (Å²) in [6.45, 7) is 4.32. The Morgan fingerprint density at radius 2 is 2.04 bits per heavy atom. The minimum atomic E-state index is -0.528. The van der Waals surface area contributed by atoms with Gasteiger partial charge in [-0.3, -0.25) is 9.88 Å². The second kappa shape index (κ2) is 5.76. The molecule has 3 rings (SSSR count). The number of nitrogens with zero attached hydrogens (tertiary/aromatic N) is 3. The molecule has 0 spiro atoms. The van der Waals surface area contributed by atoms with Crippen molar-refractivity contribution in [2.75, 3.05) is 4.90 Å². The molecule has 1 aromatic carbocycles. The van der Waals surface area contributed by atoms with Crippen LogP contribution < -0.4 is 10.6 Å². The summed E-state index contributed by atoms with van der Waals surface area (Å²) in [4.78, 5) is 17.5. The third-order valence-corrected chi connectivity index (χ3v) is 4.01. The highest BCUT2D eigenvalue weighted by molar-refractivity contribution is 6.00. The molecule has 0 aliphatic heterocycles. The van der Waals surface area contributed by atoms with E-state index in [0.717, 1.165) is 16.6 Å². The van der Waals surface area contributed by atoms with Gasteiger partial charge in [0.15, 0.2) is 0 Å². The van der Waals surface area contributed by atoms with Crippen LogP contribution in [0.15, 0.2) is 48.9 Å². The van der Waals surface area contributed by atoms with E-state index in [9.17, 15) is 4.79 Å². The fourth-order valence-electron chi connectivity index (χ4n) is 2.90. The first-order valence-electron chi connectivity index (χ1n) is 7.57. The maximum atomic E-state index is 12.0. The second-order valence-corrected chi connectivity index (χ2v) is 5.94. The number of nitrogens with two attached hydrogens (primary N) is 1. The zero-order valence-electron chi connectivity index (χ0n) is 13.5. The summed E-state index contributed by atoms with van der Waals surface area (Å²) in [6.07, 6.45) is 5.43. The molecule has 0 aliphatic rings. The van der Waals surface area contributed by atoms with E-state index >= 15 is 0 Å². The number of carbonyl (C=O) groups excluding carboxylic acids is 1. The lowest BCUT2D eigenvalue weighted by atomic mass is 10.0. The zero-order chi connectivity index (χ0) is 16.6. The van der Waals surface area contributed by atoms with E-state index in [1.807, 2.05) is 31.3 Å². The van der Waals surface area contributed by atoms with E-state index in [4.69, 9.17) is 5.73 Å². The van der Waals surface area contributed by atoms with Gasteiger partial charge < -0.3 is 10.3 Å². The number of rotatable bonds is 3. The molecule has 0 aliphatic carbocycles. The van der Waals surface area contributed by atoms with Gasteiger partial charge in [0.05, 0.1) is 17.6 Å². The van der Waals surface area contributed by atoms with Crippen molar-refractivity contribution in [3.8, 4) is 0 Å². The van der Waals surface area contributed by atoms with E-state index < -0.39 is 6.03 Å². The summed E-state index contributed by atoms with van der Waals surface area (Å²) in [6, 6.07) is 9.01. The van der Waals surface area contributed by atoms with Crippen LogP contribution in [0.5, 0.6) is 0 Å². The van der Waals surface area contributed by atoms with Crippen LogP contribution in [0.25, 0.3) is 10.9 Å². The Morgan fingerprint density at radius 1 is 1.26 bits per heavy atom. The molecule has 3 aromatic rings. The normalized spacial score (nSPS) is 11.1. The third-order valence-electron chi connectivity index (χ3n) is 4.01. The molecule has 0 saturated heterocycles. The Hall–Kier alpha value is -2.82. The van der Waals surface area contributed by atoms with Gasteiger partial charge >= 0.3 is 6.03 Å². The van der Waals surface area contributed by atoms with E-state index in [2.05, 4.69) is 29.6 Å². The van der Waals surface area contributed by atoms with Crippen LogP contribution in [0.2, 0.25) is 0 Å². The standard InChI is InChI=1S/C18H20N4O/c1-12(2)16-11-21(3)17-7-6-13(9-15(16)17)22(18(19)23)14-5-4-8-20-10-14/h4-12H,1-3H3,(H2,19,23). The molecular weight excluding hydrogens is 288 g/mol. The highest BCUT2D eigenvalue weighted by atomic mass is 16.2. The van der Waals surface area contributed by atoms with E-state index in [1.54, 1.807) is 18.5 Å². The number of aromatic nitrogens is 2. The van der Waals surface area contributed by atoms with Crippen LogP contribution in [0, 0.1) is 0 Å². The molecule has 0 atom stereocenters. The lowest BCUT2D eigenvalue weighted by Gasteiger charge is -2.20. The minimum absolute atomic E-state index is 0.398. The maximum Gasteiger partial charge on any atom is 0.323 e. The molecule has 118 valence electrons. The van der Waals surface area contributed by atoms with Crippen molar-refractivity contribution < 1.29 is 4.79 Å². The number of amides is 2. The van der Waals surface area contributed by atoms with Crippen molar-refractivity contribution in [1.29, 1.82) is 0 Å². The Labute approximate surface area is 135 Å². The average molecular weight is 308 g/mol. The molecule has 0 radical (unpaired) electrons. The molecule has 2 heterocycles. The van der Waals surface area contributed by atoms with Gasteiger partial charge in [0.2, 0.25) is 0 Å². The fraction of sp³-hybridized carbons (Fsp3) is 0.222. The van der Waals surface area contributed by atoms with Crippen molar-refractivity contribution in [3.05, 3.63) is 54.5 Å². The molecule has 2 aromatic heterocycles. The van der Waals surface area contributed by atoms with Gasteiger partial charge in [0, 0.05) is 30.3 Å². The average Bonchev–Trinajstić information content (AvgIpc) is 2.85. The first-order valence-corrected chi connectivity index (χ1v) is 7.57. The number of hydrogen-bond donors (Lipinski definition) is 1. The summed E-state index contributed by atoms with van der Waals surface area (Å²) >= 11 is 0. The summed E-state index contributed by atoms with van der Waals surface area (Å²) in [5, 5.41) is 1.13. The number of fused-ring (bicyclic) bond motifs is 1. The predicted octanol–water partition coefficient (Wildman–Crippen LogP) is 3.91. The number of urea groups is 1. The highest BCUT2D eigenvalue weighted by Gasteiger charge is 2.17. The van der Waals surface area contributed by atoms with Crippen LogP contribution >= 0.6 is 0 Å². The van der Waals surface area contributed by atoms with Crippen LogP contribution in [-0.2, 0) is 7.05 Å². The smallest absolute Gasteiger partial charge is 0.323 e. The van der Waals surface area contributed by atoms with Gasteiger partial charge in [0.1, 0.15) is 0 Å². The number of hydrogen-bond acceptors (Lipinski definition) is 2. The molecule has 2 amide bonds. The Balaban J connectivity index is 2.18. The second-order valence-electron chi connectivity index (χ2n) is 5.94. The van der Waals surface area contributed by atoms with Gasteiger partial charge in [-0.05, 0) is 41.8 Å². The van der Waals surface area contributed by atoms with Crippen LogP contribution in [0.1, 0.15) is 25.3 Å². The first-order chi connectivity index (χ1) is 11.0. The summed E-state index contributed by atoms with van der Waals surface area (Å²) in [5.74, 6) is 0.398. The molecule has 0 bridgehead atoms. The van der Waals surface area contributed by atoms with E-state index in [1.165, 1.54) is 10.5 Å². The largest absolute Gasteiger partial charge is 0.351 e. The summed E-state index contributed by atoms with van der Waals surface area (Å²) in [7, 11) is 2.03. The van der Waals surface area contributed by atoms with Crippen LogP contribution in [0.3, 0.4) is 0 Å². The molecular formula is C18H20N4O. The molecule has 5 nitrogen and oxygen atoms in total. The first kappa shape index (κ1) is 15.1. The summed E-state index contributed by atoms with van der Waals surface area (Å²) < 4.78 is 2.10. The Bertz CT molecular complexity index is 852. The number of aryl methyl sites for hydroxylation is 1. The molecule has 2 N–H and O–H groups in total. The predicted molar refractivity (Wildman–Crippen MR) is 93.0 cm³/mol. The van der Waals surface area contributed by atoms with Gasteiger partial charge in [-0.15, -0.1) is 0 Å². The Kier molecular flexibility index (Phi) is 3.78. The van der Waals surface area contributed by atoms with Gasteiger partial charge in [0.25, 0.3) is 0 Å². The van der Waals surface area contributed by atoms with Crippen molar-refractivity contribution in [2.24, 2.45) is 12.8 Å². The highest BCUT2D eigenvalue weighted by Crippen LogP contribution is 2.32. The van der Waals surface area contributed by atoms with Gasteiger partial charge in [-0.1, -0.05) is 13.8 Å². The third kappa shape index (κ3) is 2.65. The maximum absolute atomic E-state index is 12.0. The quantitative estimate of drug-likeness (QED) is 0.797. The van der Waals surface area contributed by atoms with Gasteiger partial charge in [-0.2, -0.15) is 0 Å². The molecule has 0 unspecified atom stereocenters. The van der Waals surface area contributed by atoms with Gasteiger partial charge in [-0.25, -0.2) is 4.79 Å². The zero-order valence-corrected chi connectivity index (χ0v) is 13.5. The monoisotopic (exact) mass is 308 g/mol. The lowest BCUT2D eigenvalue weighted by molar-refractivity contribution is 0.256. The van der Waals surface area contributed by atoms with Crippen LogP contribution in [0.4, 0.5) is 16.2 Å². The number of anilines is 2. The van der Waals surface area contributed by atoms with Crippen molar-refractivity contribution in [2.45, 2.75) is 19.8 Å². The molecule has 0 fully saturated rings. The molecule has 0 saturated carbocycles. The number of pyridine rings is 1. The van der Waals surface area contributed by atoms with Crippen molar-refractivity contribution >= 4 is 28.3 Å². The number of primary amides is 1.